The molecule has 0 aliphatic rings. The van der Waals surface area contributed by atoms with Crippen molar-refractivity contribution >= 4 is 28.7 Å². The molecule has 25 heavy (non-hydrogen) atoms. The lowest BCUT2D eigenvalue weighted by Crippen LogP contribution is -2.37. The second-order valence-electron chi connectivity index (χ2n) is 4.45. The molecule has 1 N–H and O–H groups in total. The van der Waals surface area contributed by atoms with E-state index in [4.69, 9.17) is 25.4 Å². The van der Waals surface area contributed by atoms with Crippen LogP contribution in [0.2, 0.25) is 0 Å². The third kappa shape index (κ3) is 4.38. The van der Waals surface area contributed by atoms with E-state index in [1.165, 1.54) is 20.2 Å². The van der Waals surface area contributed by atoms with Crippen molar-refractivity contribution in [1.82, 2.24) is 19.8 Å². The number of alkyl halides is 1. The van der Waals surface area contributed by atoms with E-state index in [1.807, 2.05) is 5.48 Å². The topological polar surface area (TPSA) is 114 Å². The zero-order valence-corrected chi connectivity index (χ0v) is 14.9. The number of methoxy groups -OCH3 is 1. The highest BCUT2D eigenvalue weighted by molar-refractivity contribution is 7.80. The van der Waals surface area contributed by atoms with Crippen LogP contribution in [0.1, 0.15) is 0 Å². The largest absolute Gasteiger partial charge is 0.495 e. The number of para-hydroxylation sites is 1. The van der Waals surface area contributed by atoms with Gasteiger partial charge in [-0.05, 0) is 12.1 Å². The molecule has 136 valence electrons. The molecular formula is C13H15ClN4O6S. The van der Waals surface area contributed by atoms with Gasteiger partial charge in [-0.3, -0.25) is 0 Å². The quantitative estimate of drug-likeness (QED) is 0.538. The van der Waals surface area contributed by atoms with E-state index in [0.717, 1.165) is 4.57 Å². The van der Waals surface area contributed by atoms with Crippen LogP contribution in [0.4, 0.5) is 4.79 Å². The molecule has 1 unspecified atom stereocenters. The molecule has 0 radical (unpaired) electrons. The summed E-state index contributed by atoms with van der Waals surface area (Å²) in [5, 5.41) is 3.70. The zero-order chi connectivity index (χ0) is 18.4. The maximum Gasteiger partial charge on any atom is 0.371 e. The van der Waals surface area contributed by atoms with Gasteiger partial charge in [-0.2, -0.15) is 9.76 Å². The van der Waals surface area contributed by atoms with Gasteiger partial charge in [0.1, 0.15) is 17.3 Å². The number of amides is 1. The lowest BCUT2D eigenvalue weighted by molar-refractivity contribution is 0.186. The van der Waals surface area contributed by atoms with Gasteiger partial charge in [0.25, 0.3) is 0 Å². The lowest BCUT2D eigenvalue weighted by Gasteiger charge is -2.07. The molecule has 1 aromatic heterocycles. The van der Waals surface area contributed by atoms with Gasteiger partial charge in [0, 0.05) is 7.05 Å². The number of carbonyl (C=O) groups excluding carboxylic acids is 1. The zero-order valence-electron chi connectivity index (χ0n) is 13.3. The van der Waals surface area contributed by atoms with Crippen LogP contribution in [-0.2, 0) is 22.4 Å². The first-order chi connectivity index (χ1) is 12.0. The second-order valence-corrected chi connectivity index (χ2v) is 5.90. The molecule has 1 heterocycles. The van der Waals surface area contributed by atoms with E-state index in [-0.39, 0.29) is 23.4 Å². The van der Waals surface area contributed by atoms with Gasteiger partial charge in [-0.25, -0.2) is 18.4 Å². The maximum absolute atomic E-state index is 12.1. The Kier molecular flexibility index (Phi) is 6.56. The van der Waals surface area contributed by atoms with Gasteiger partial charge in [-0.1, -0.05) is 12.1 Å². The molecule has 0 saturated heterocycles. The van der Waals surface area contributed by atoms with Crippen LogP contribution in [-0.4, -0.2) is 44.2 Å². The number of benzene rings is 1. The maximum atomic E-state index is 12.1. The van der Waals surface area contributed by atoms with Crippen LogP contribution >= 0.6 is 11.6 Å². The molecule has 1 aromatic carbocycles. The molecule has 0 bridgehead atoms. The van der Waals surface area contributed by atoms with Gasteiger partial charge in [0.05, 0.1) is 13.0 Å². The third-order valence-electron chi connectivity index (χ3n) is 2.89. The number of ether oxygens (including phenoxy) is 2. The lowest BCUT2D eigenvalue weighted by atomic mass is 10.3. The molecule has 10 nitrogen and oxygen atoms in total. The number of rotatable bonds is 7. The number of hydrogen-bond donors (Lipinski definition) is 1. The van der Waals surface area contributed by atoms with Crippen molar-refractivity contribution in [3.63, 3.8) is 0 Å². The fourth-order valence-corrected chi connectivity index (χ4v) is 2.54. The first kappa shape index (κ1) is 19.0. The van der Waals surface area contributed by atoms with Crippen LogP contribution in [0.3, 0.4) is 0 Å². The van der Waals surface area contributed by atoms with E-state index in [2.05, 4.69) is 5.10 Å². The summed E-state index contributed by atoms with van der Waals surface area (Å²) in [7, 11) is 2.78. The summed E-state index contributed by atoms with van der Waals surface area (Å²) in [6.07, 6.45) is 0. The molecule has 0 fully saturated rings. The van der Waals surface area contributed by atoms with Crippen LogP contribution in [0.25, 0.3) is 0 Å². The van der Waals surface area contributed by atoms with Gasteiger partial charge in [0.2, 0.25) is 11.1 Å². The summed E-state index contributed by atoms with van der Waals surface area (Å²) in [5.41, 5.74) is 1.13. The van der Waals surface area contributed by atoms with Crippen LogP contribution in [0.15, 0.2) is 34.0 Å². The summed E-state index contributed by atoms with van der Waals surface area (Å²) < 4.78 is 28.6. The molecule has 12 heteroatoms. The number of carbonyl (C=O) groups is 1. The molecule has 1 atom stereocenters. The monoisotopic (exact) mass is 390 g/mol. The Labute approximate surface area is 149 Å². The number of nitrogens with one attached hydrogen (secondary N) is 1. The predicted molar refractivity (Wildman–Crippen MR) is 88.1 cm³/mol. The van der Waals surface area contributed by atoms with Crippen molar-refractivity contribution in [2.75, 3.05) is 19.6 Å². The van der Waals surface area contributed by atoms with E-state index in [9.17, 15) is 13.8 Å². The van der Waals surface area contributed by atoms with Crippen molar-refractivity contribution in [3.05, 3.63) is 34.7 Å². The molecule has 2 rings (SSSR count). The number of halogens is 1. The fourth-order valence-electron chi connectivity index (χ4n) is 1.73. The summed E-state index contributed by atoms with van der Waals surface area (Å²) in [6, 6.07) is 5.28. The van der Waals surface area contributed by atoms with Crippen LogP contribution in [0.5, 0.6) is 11.8 Å². The average molecular weight is 391 g/mol. The van der Waals surface area contributed by atoms with E-state index >= 15 is 0 Å². The Morgan fingerprint density at radius 2 is 2.12 bits per heavy atom. The van der Waals surface area contributed by atoms with Crippen molar-refractivity contribution in [1.29, 1.82) is 0 Å². The standard InChI is InChI=1S/C13H15ClN4O6S/c1-17-12(23-8-7-14)15-18(13(17)20)11(19)16-24-25(21)10-6-4-3-5-9(10)22-2/h3-6H,7-8H2,1-2H3,(H,16,19). The summed E-state index contributed by atoms with van der Waals surface area (Å²) in [6.45, 7) is 0.113. The highest BCUT2D eigenvalue weighted by Gasteiger charge is 2.19. The molecule has 0 spiro atoms. The molecule has 0 aliphatic carbocycles. The molecule has 0 saturated carbocycles. The molecule has 1 amide bonds. The van der Waals surface area contributed by atoms with Crippen LogP contribution < -0.4 is 20.6 Å². The minimum absolute atomic E-state index is 0.0911. The smallest absolute Gasteiger partial charge is 0.371 e. The van der Waals surface area contributed by atoms with E-state index < -0.39 is 22.8 Å². The summed E-state index contributed by atoms with van der Waals surface area (Å²) in [4.78, 5) is 24.2. The molecule has 2 aromatic rings. The average Bonchev–Trinajstić information content (AvgIpc) is 2.92. The van der Waals surface area contributed by atoms with E-state index in [1.54, 1.807) is 18.2 Å². The Hall–Kier alpha value is -2.37. The number of nitrogens with zero attached hydrogens (tertiary/aromatic N) is 3. The molecule has 0 aliphatic heterocycles. The van der Waals surface area contributed by atoms with Gasteiger partial charge in [-0.15, -0.1) is 21.4 Å². The van der Waals surface area contributed by atoms with Crippen molar-refractivity contribution < 1.29 is 22.8 Å². The van der Waals surface area contributed by atoms with Gasteiger partial charge >= 0.3 is 17.7 Å². The first-order valence-electron chi connectivity index (χ1n) is 6.86. The Balaban J connectivity index is 2.08. The first-order valence-corrected chi connectivity index (χ1v) is 8.47. The Morgan fingerprint density at radius 1 is 1.40 bits per heavy atom. The normalized spacial score (nSPS) is 11.8. The predicted octanol–water partition coefficient (Wildman–Crippen LogP) is 0.420. The highest BCUT2D eigenvalue weighted by Crippen LogP contribution is 2.21. The van der Waals surface area contributed by atoms with Crippen LogP contribution in [0, 0.1) is 0 Å². The summed E-state index contributed by atoms with van der Waals surface area (Å²) >= 11 is 3.44. The molecular weight excluding hydrogens is 376 g/mol. The van der Waals surface area contributed by atoms with Crippen molar-refractivity contribution in [2.45, 2.75) is 4.90 Å². The third-order valence-corrected chi connectivity index (χ3v) is 3.98. The SMILES string of the molecule is COc1ccccc1S(=O)ONC(=O)n1nc(OCCCl)n(C)c1=O. The fraction of sp³-hybridized carbons (Fsp3) is 0.308. The minimum Gasteiger partial charge on any atom is -0.495 e. The van der Waals surface area contributed by atoms with E-state index in [0.29, 0.717) is 10.4 Å². The Bertz CT molecular complexity index is 836. The minimum atomic E-state index is -2.05. The van der Waals surface area contributed by atoms with Gasteiger partial charge in [0.15, 0.2) is 0 Å². The number of hydrogen-bond acceptors (Lipinski definition) is 7. The second kappa shape index (κ2) is 8.65. The number of hydroxylamine groups is 1. The van der Waals surface area contributed by atoms with Crippen molar-refractivity contribution in [2.24, 2.45) is 7.05 Å². The summed E-state index contributed by atoms with van der Waals surface area (Å²) in [5.74, 6) is 0.510. The highest BCUT2D eigenvalue weighted by atomic mass is 35.5. The van der Waals surface area contributed by atoms with Crippen molar-refractivity contribution in [3.8, 4) is 11.8 Å². The number of aromatic nitrogens is 3. The Morgan fingerprint density at radius 3 is 2.80 bits per heavy atom. The van der Waals surface area contributed by atoms with Gasteiger partial charge < -0.3 is 9.47 Å².